The first kappa shape index (κ1) is 39.0. The molecule has 0 bridgehead atoms. The molecule has 0 radical (unpaired) electrons. The number of rotatable bonds is 26. The molecule has 266 valence electrons. The third-order valence-corrected chi connectivity index (χ3v) is 10.3. The normalized spacial score (nSPS) is 25.9. The largest absolute Gasteiger partial charge is 0.460 e. The molecule has 0 aromatic rings. The molecule has 3 heterocycles. The van der Waals surface area contributed by atoms with Crippen LogP contribution in [0.25, 0.3) is 0 Å². The zero-order valence-corrected chi connectivity index (χ0v) is 29.7. The predicted molar refractivity (Wildman–Crippen MR) is 184 cm³/mol. The molecule has 0 saturated carbocycles. The number of carbonyl (C=O) groups is 2. The fraction of sp³-hybridized carbons (Fsp3) is 0.897. The molecule has 0 amide bonds. The lowest BCUT2D eigenvalue weighted by Gasteiger charge is -2.26. The molecule has 2 fully saturated rings. The van der Waals surface area contributed by atoms with E-state index in [4.69, 9.17) is 18.9 Å². The van der Waals surface area contributed by atoms with Crippen LogP contribution < -0.4 is 0 Å². The SMILES string of the molecule is CCCCCCCCCC[C@H](OC(C)=O)[C@H]1CC[C@H](C2CC[C@H]([C@H](O)CCCCCCCCCCCCC3=C[C@H](C)OC3=O)O2)O1. The number of aliphatic hydroxyl groups is 1. The molecule has 0 aliphatic carbocycles. The summed E-state index contributed by atoms with van der Waals surface area (Å²) in [5, 5.41) is 10.8. The summed E-state index contributed by atoms with van der Waals surface area (Å²) in [7, 11) is 0. The van der Waals surface area contributed by atoms with Crippen molar-refractivity contribution in [1.29, 1.82) is 0 Å². The van der Waals surface area contributed by atoms with Crippen LogP contribution in [0.15, 0.2) is 11.6 Å². The quantitative estimate of drug-likeness (QED) is 0.0738. The van der Waals surface area contributed by atoms with Gasteiger partial charge in [0.25, 0.3) is 0 Å². The van der Waals surface area contributed by atoms with Crippen LogP contribution in [0, 0.1) is 0 Å². The minimum Gasteiger partial charge on any atom is -0.460 e. The minimum atomic E-state index is -0.400. The van der Waals surface area contributed by atoms with Gasteiger partial charge in [-0.3, -0.25) is 4.79 Å². The van der Waals surface area contributed by atoms with Crippen molar-refractivity contribution in [3.8, 4) is 0 Å². The Kier molecular flexibility index (Phi) is 19.5. The highest BCUT2D eigenvalue weighted by Crippen LogP contribution is 2.35. The van der Waals surface area contributed by atoms with Gasteiger partial charge in [-0.15, -0.1) is 0 Å². The zero-order chi connectivity index (χ0) is 33.0. The number of esters is 2. The lowest BCUT2D eigenvalue weighted by Crippen LogP contribution is -2.34. The van der Waals surface area contributed by atoms with E-state index in [-0.39, 0.29) is 48.6 Å². The summed E-state index contributed by atoms with van der Waals surface area (Å²) in [6, 6.07) is 0. The van der Waals surface area contributed by atoms with Crippen LogP contribution in [0.2, 0.25) is 0 Å². The van der Waals surface area contributed by atoms with E-state index in [2.05, 4.69) is 6.92 Å². The molecule has 7 heteroatoms. The van der Waals surface area contributed by atoms with Crippen molar-refractivity contribution in [3.63, 3.8) is 0 Å². The van der Waals surface area contributed by atoms with Crippen molar-refractivity contribution < 1.29 is 33.6 Å². The third kappa shape index (κ3) is 15.2. The Morgan fingerprint density at radius 1 is 0.761 bits per heavy atom. The van der Waals surface area contributed by atoms with Crippen molar-refractivity contribution in [2.45, 2.75) is 224 Å². The van der Waals surface area contributed by atoms with Gasteiger partial charge in [0, 0.05) is 12.5 Å². The van der Waals surface area contributed by atoms with Crippen molar-refractivity contribution >= 4 is 11.9 Å². The van der Waals surface area contributed by atoms with Gasteiger partial charge in [-0.2, -0.15) is 0 Å². The third-order valence-electron chi connectivity index (χ3n) is 10.3. The zero-order valence-electron chi connectivity index (χ0n) is 29.7. The smallest absolute Gasteiger partial charge is 0.334 e. The van der Waals surface area contributed by atoms with Crippen LogP contribution in [0.1, 0.15) is 181 Å². The Morgan fingerprint density at radius 2 is 1.26 bits per heavy atom. The molecule has 1 N–H and O–H groups in total. The van der Waals surface area contributed by atoms with E-state index in [0.29, 0.717) is 0 Å². The average Bonchev–Trinajstić information content (AvgIpc) is 3.78. The summed E-state index contributed by atoms with van der Waals surface area (Å²) in [5.41, 5.74) is 0.864. The molecule has 3 rings (SSSR count). The Morgan fingerprint density at radius 3 is 1.80 bits per heavy atom. The first-order chi connectivity index (χ1) is 22.4. The van der Waals surface area contributed by atoms with Crippen molar-refractivity contribution in [3.05, 3.63) is 11.6 Å². The Labute approximate surface area is 280 Å². The van der Waals surface area contributed by atoms with Gasteiger partial charge < -0.3 is 24.1 Å². The number of hydrogen-bond acceptors (Lipinski definition) is 7. The minimum absolute atomic E-state index is 0.0331. The Hall–Kier alpha value is -1.44. The highest BCUT2D eigenvalue weighted by molar-refractivity contribution is 5.90. The summed E-state index contributed by atoms with van der Waals surface area (Å²) in [4.78, 5) is 23.5. The monoisotopic (exact) mass is 648 g/mol. The predicted octanol–water partition coefficient (Wildman–Crippen LogP) is 9.46. The van der Waals surface area contributed by atoms with Crippen LogP contribution in [-0.2, 0) is 28.5 Å². The number of ether oxygens (including phenoxy) is 4. The highest BCUT2D eigenvalue weighted by atomic mass is 16.6. The molecule has 46 heavy (non-hydrogen) atoms. The number of unbranched alkanes of at least 4 members (excludes halogenated alkanes) is 16. The topological polar surface area (TPSA) is 91.3 Å². The van der Waals surface area contributed by atoms with Gasteiger partial charge in [0.2, 0.25) is 0 Å². The average molecular weight is 649 g/mol. The lowest BCUT2D eigenvalue weighted by molar-refractivity contribution is -0.158. The van der Waals surface area contributed by atoms with Gasteiger partial charge in [0.1, 0.15) is 12.2 Å². The summed E-state index contributed by atoms with van der Waals surface area (Å²) in [6.45, 7) is 5.67. The van der Waals surface area contributed by atoms with Gasteiger partial charge in [0.05, 0.1) is 30.5 Å². The van der Waals surface area contributed by atoms with Crippen LogP contribution in [0.3, 0.4) is 0 Å². The van der Waals surface area contributed by atoms with Crippen molar-refractivity contribution in [1.82, 2.24) is 0 Å². The first-order valence-corrected chi connectivity index (χ1v) is 19.4. The maximum Gasteiger partial charge on any atom is 0.334 e. The molecule has 0 aromatic carbocycles. The van der Waals surface area contributed by atoms with Gasteiger partial charge in [0.15, 0.2) is 0 Å². The molecule has 0 spiro atoms. The van der Waals surface area contributed by atoms with Gasteiger partial charge in [-0.05, 0) is 70.8 Å². The van der Waals surface area contributed by atoms with E-state index in [1.54, 1.807) is 0 Å². The van der Waals surface area contributed by atoms with Crippen LogP contribution in [0.5, 0.6) is 0 Å². The van der Waals surface area contributed by atoms with E-state index in [1.807, 2.05) is 13.0 Å². The van der Waals surface area contributed by atoms with E-state index in [1.165, 1.54) is 103 Å². The molecule has 1 unspecified atom stereocenters. The molecule has 7 atom stereocenters. The summed E-state index contributed by atoms with van der Waals surface area (Å²) >= 11 is 0. The number of hydrogen-bond donors (Lipinski definition) is 1. The molecule has 0 aromatic heterocycles. The number of cyclic esters (lactones) is 1. The van der Waals surface area contributed by atoms with E-state index >= 15 is 0 Å². The van der Waals surface area contributed by atoms with Crippen molar-refractivity contribution in [2.24, 2.45) is 0 Å². The Bertz CT molecular complexity index is 872. The maximum absolute atomic E-state index is 11.8. The Balaban J connectivity index is 1.18. The van der Waals surface area contributed by atoms with E-state index < -0.39 is 6.10 Å². The summed E-state index contributed by atoms with van der Waals surface area (Å²) in [5.74, 6) is -0.342. The van der Waals surface area contributed by atoms with Crippen LogP contribution in [-0.4, -0.2) is 59.8 Å². The van der Waals surface area contributed by atoms with Gasteiger partial charge in [-0.25, -0.2) is 4.79 Å². The van der Waals surface area contributed by atoms with Crippen molar-refractivity contribution in [2.75, 3.05) is 0 Å². The maximum atomic E-state index is 11.8. The number of carbonyl (C=O) groups excluding carboxylic acids is 2. The number of aliphatic hydroxyl groups excluding tert-OH is 1. The summed E-state index contributed by atoms with van der Waals surface area (Å²) < 4.78 is 23.7. The molecular weight excluding hydrogens is 580 g/mol. The van der Waals surface area contributed by atoms with E-state index in [9.17, 15) is 14.7 Å². The lowest BCUT2D eigenvalue weighted by atomic mass is 10.00. The standard InChI is InChI=1S/C39H68O7/c1-4-5-6-7-8-15-18-21-24-35(44-31(3)40)36-27-28-38(46-36)37-26-25-34(45-37)33(41)23-20-17-14-12-10-9-11-13-16-19-22-32-29-30(2)43-39(32)42/h29-30,33-38,41H,4-28H2,1-3H3/t30-,33+,34+,35-,36+,37?,38+/m0/s1. The second kappa shape index (κ2) is 23.0. The van der Waals surface area contributed by atoms with E-state index in [0.717, 1.165) is 69.8 Å². The molecule has 2 saturated heterocycles. The highest BCUT2D eigenvalue weighted by Gasteiger charge is 2.41. The second-order valence-corrected chi connectivity index (χ2v) is 14.4. The molecule has 7 nitrogen and oxygen atoms in total. The molecular formula is C39H68O7. The second-order valence-electron chi connectivity index (χ2n) is 14.4. The van der Waals surface area contributed by atoms with Gasteiger partial charge >= 0.3 is 11.9 Å². The fourth-order valence-corrected chi connectivity index (χ4v) is 7.58. The molecule has 3 aliphatic heterocycles. The fourth-order valence-electron chi connectivity index (χ4n) is 7.58. The van der Waals surface area contributed by atoms with Gasteiger partial charge in [-0.1, -0.05) is 110 Å². The first-order valence-electron chi connectivity index (χ1n) is 19.4. The van der Waals surface area contributed by atoms with Crippen LogP contribution >= 0.6 is 0 Å². The van der Waals surface area contributed by atoms with Crippen LogP contribution in [0.4, 0.5) is 0 Å². The summed E-state index contributed by atoms with van der Waals surface area (Å²) in [6.07, 6.45) is 29.6. The molecule has 3 aliphatic rings.